The van der Waals surface area contributed by atoms with E-state index in [2.05, 4.69) is 31.5 Å². The van der Waals surface area contributed by atoms with Gasteiger partial charge in [-0.15, -0.1) is 11.3 Å². The molecule has 2 amide bonds. The maximum Gasteiger partial charge on any atom is 0.330 e. The van der Waals surface area contributed by atoms with E-state index in [4.69, 9.17) is 19.4 Å². The lowest BCUT2D eigenvalue weighted by atomic mass is 9.93. The summed E-state index contributed by atoms with van der Waals surface area (Å²) in [6.07, 6.45) is 7.67. The normalized spacial score (nSPS) is 27.1. The van der Waals surface area contributed by atoms with Gasteiger partial charge in [0.1, 0.15) is 33.8 Å². The van der Waals surface area contributed by atoms with Crippen LogP contribution >= 0.6 is 11.3 Å². The summed E-state index contributed by atoms with van der Waals surface area (Å²) in [6, 6.07) is 5.76. The molecule has 2 N–H and O–H groups in total. The average Bonchev–Trinajstić information content (AvgIpc) is 3.36. The van der Waals surface area contributed by atoms with Crippen LogP contribution in [0.2, 0.25) is 0 Å². The minimum absolute atomic E-state index is 0.108. The first-order valence-electron chi connectivity index (χ1n) is 16.7. The van der Waals surface area contributed by atoms with Crippen molar-refractivity contribution in [3.8, 4) is 22.2 Å². The third kappa shape index (κ3) is 6.34. The number of amides is 2. The second kappa shape index (κ2) is 13.3. The van der Waals surface area contributed by atoms with Crippen molar-refractivity contribution < 1.29 is 29.0 Å². The number of benzene rings is 1. The van der Waals surface area contributed by atoms with Gasteiger partial charge in [-0.1, -0.05) is 32.9 Å². The standard InChI is InChI=1S/C36H44N4O6S/c1-6-23-29(45-5)13-12-24-30(17-27(37-31(23)24)33-38-28(19-47-33)20(2)3)46-22-15-25-26(16-22)34(42)40(4)14-10-8-7-9-11-21-18-36(21,35(43)44)39-32(25)41/h9,11-13,17,19-22,25-26H,6-8,10,14-16,18H2,1-5H3,(H,39,41)(H,43,44)/b11-9-/t21-,22-,25-,26-,36-/m1/s1. The summed E-state index contributed by atoms with van der Waals surface area (Å²) in [5.41, 5.74) is 2.08. The summed E-state index contributed by atoms with van der Waals surface area (Å²) in [4.78, 5) is 51.7. The molecule has 1 aliphatic heterocycles. The fourth-order valence-corrected chi connectivity index (χ4v) is 8.02. The van der Waals surface area contributed by atoms with E-state index in [0.717, 1.165) is 52.2 Å². The summed E-state index contributed by atoms with van der Waals surface area (Å²) in [6.45, 7) is 6.87. The van der Waals surface area contributed by atoms with E-state index in [9.17, 15) is 19.5 Å². The molecule has 2 fully saturated rings. The molecule has 6 rings (SSSR count). The van der Waals surface area contributed by atoms with Crippen LogP contribution in [0.3, 0.4) is 0 Å². The van der Waals surface area contributed by atoms with E-state index >= 15 is 0 Å². The SMILES string of the molecule is CCc1c(OC)ccc2c(O[C@@H]3C[C@H]4C(=O)N[C@]5(C(=O)O)C[C@H]5/C=C\CCCCN(C)C(=O)[C@@H]4C3)cc(-c3nc(C(C)C)cs3)nc12. The Morgan fingerprint density at radius 2 is 1.96 bits per heavy atom. The smallest absolute Gasteiger partial charge is 0.330 e. The number of aliphatic carboxylic acids is 1. The van der Waals surface area contributed by atoms with E-state index in [1.54, 1.807) is 19.1 Å². The Bertz CT molecular complexity index is 1720. The van der Waals surface area contributed by atoms with Gasteiger partial charge in [0, 0.05) is 41.9 Å². The van der Waals surface area contributed by atoms with Crippen LogP contribution in [0.1, 0.15) is 76.5 Å². The molecule has 0 unspecified atom stereocenters. The van der Waals surface area contributed by atoms with Crippen LogP contribution in [0.4, 0.5) is 0 Å². The van der Waals surface area contributed by atoms with Crippen LogP contribution < -0.4 is 14.8 Å². The van der Waals surface area contributed by atoms with Crippen LogP contribution in [-0.4, -0.2) is 70.1 Å². The monoisotopic (exact) mass is 660 g/mol. The molecule has 0 bridgehead atoms. The number of pyridine rings is 1. The summed E-state index contributed by atoms with van der Waals surface area (Å²) >= 11 is 1.54. The number of fused-ring (bicyclic) bond motifs is 3. The highest BCUT2D eigenvalue weighted by Crippen LogP contribution is 2.47. The van der Waals surface area contributed by atoms with Gasteiger partial charge in [-0.25, -0.2) is 14.8 Å². The largest absolute Gasteiger partial charge is 0.496 e. The van der Waals surface area contributed by atoms with Crippen LogP contribution in [0, 0.1) is 17.8 Å². The van der Waals surface area contributed by atoms with Gasteiger partial charge in [0.15, 0.2) is 0 Å². The maximum absolute atomic E-state index is 13.9. The number of allylic oxidation sites excluding steroid dienone is 1. The Labute approximate surface area is 279 Å². The van der Waals surface area contributed by atoms with E-state index in [-0.39, 0.29) is 24.2 Å². The van der Waals surface area contributed by atoms with Crippen molar-refractivity contribution >= 4 is 40.0 Å². The van der Waals surface area contributed by atoms with Crippen LogP contribution in [0.25, 0.3) is 21.6 Å². The van der Waals surface area contributed by atoms with Crippen molar-refractivity contribution in [2.75, 3.05) is 20.7 Å². The minimum atomic E-state index is -1.33. The van der Waals surface area contributed by atoms with E-state index in [0.29, 0.717) is 37.3 Å². The summed E-state index contributed by atoms with van der Waals surface area (Å²) in [5.74, 6) is -1.53. The lowest BCUT2D eigenvalue weighted by Crippen LogP contribution is -2.49. The predicted molar refractivity (Wildman–Crippen MR) is 181 cm³/mol. The van der Waals surface area contributed by atoms with Gasteiger partial charge in [-0.3, -0.25) is 9.59 Å². The van der Waals surface area contributed by atoms with Gasteiger partial charge in [0.05, 0.1) is 30.2 Å². The van der Waals surface area contributed by atoms with Crippen molar-refractivity contribution in [1.82, 2.24) is 20.2 Å². The molecule has 0 radical (unpaired) electrons. The number of carbonyl (C=O) groups is 3. The van der Waals surface area contributed by atoms with Gasteiger partial charge in [0.25, 0.3) is 0 Å². The Balaban J connectivity index is 1.36. The van der Waals surface area contributed by atoms with Gasteiger partial charge in [-0.2, -0.15) is 0 Å². The first-order chi connectivity index (χ1) is 22.6. The third-order valence-electron chi connectivity index (χ3n) is 9.98. The molecule has 5 atom stereocenters. The molecule has 0 saturated heterocycles. The number of carboxylic acids is 1. The summed E-state index contributed by atoms with van der Waals surface area (Å²) < 4.78 is 12.4. The number of aromatic nitrogens is 2. The van der Waals surface area contributed by atoms with Crippen LogP contribution in [0.15, 0.2) is 35.7 Å². The lowest BCUT2D eigenvalue weighted by Gasteiger charge is -2.26. The van der Waals surface area contributed by atoms with Gasteiger partial charge >= 0.3 is 5.97 Å². The number of nitrogens with one attached hydrogen (secondary N) is 1. The molecule has 0 spiro atoms. The second-order valence-electron chi connectivity index (χ2n) is 13.4. The van der Waals surface area contributed by atoms with Crippen molar-refractivity contribution in [2.45, 2.75) is 83.3 Å². The second-order valence-corrected chi connectivity index (χ2v) is 14.3. The zero-order valence-electron chi connectivity index (χ0n) is 27.7. The average molecular weight is 661 g/mol. The lowest BCUT2D eigenvalue weighted by molar-refractivity contribution is -0.145. The fourth-order valence-electron chi connectivity index (χ4n) is 7.08. The zero-order valence-corrected chi connectivity index (χ0v) is 28.6. The van der Waals surface area contributed by atoms with Gasteiger partial charge < -0.3 is 24.8 Å². The Kier molecular flexibility index (Phi) is 9.29. The number of rotatable bonds is 7. The Morgan fingerprint density at radius 3 is 2.66 bits per heavy atom. The molecule has 3 heterocycles. The molecule has 2 saturated carbocycles. The Hall–Kier alpha value is -3.99. The highest BCUT2D eigenvalue weighted by atomic mass is 32.1. The number of nitrogens with zero attached hydrogens (tertiary/aromatic N) is 3. The topological polar surface area (TPSA) is 131 Å². The highest BCUT2D eigenvalue weighted by Gasteiger charge is 2.61. The summed E-state index contributed by atoms with van der Waals surface area (Å²) in [5, 5.41) is 16.6. The maximum atomic E-state index is 13.9. The first-order valence-corrected chi connectivity index (χ1v) is 17.5. The van der Waals surface area contributed by atoms with E-state index in [1.165, 1.54) is 11.3 Å². The number of methoxy groups -OCH3 is 1. The number of aryl methyl sites for hydroxylation is 1. The predicted octanol–water partition coefficient (Wildman–Crippen LogP) is 5.98. The number of ether oxygens (including phenoxy) is 2. The Morgan fingerprint density at radius 1 is 1.17 bits per heavy atom. The van der Waals surface area contributed by atoms with E-state index < -0.39 is 35.4 Å². The van der Waals surface area contributed by atoms with Crippen molar-refractivity contribution in [3.63, 3.8) is 0 Å². The first kappa shape index (κ1) is 32.9. The molecule has 11 heteroatoms. The molecule has 3 aromatic rings. The molecule has 2 aromatic heterocycles. The minimum Gasteiger partial charge on any atom is -0.496 e. The quantitative estimate of drug-likeness (QED) is 0.296. The molecule has 250 valence electrons. The van der Waals surface area contributed by atoms with Gasteiger partial charge in [0.2, 0.25) is 11.8 Å². The molecule has 2 aliphatic carbocycles. The number of thiazole rings is 1. The molecular formula is C36H44N4O6S. The number of carbonyl (C=O) groups excluding carboxylic acids is 2. The van der Waals surface area contributed by atoms with Crippen molar-refractivity contribution in [2.24, 2.45) is 17.8 Å². The molecule has 3 aliphatic rings. The fraction of sp³-hybridized carbons (Fsp3) is 0.528. The molecular weight excluding hydrogens is 616 g/mol. The van der Waals surface area contributed by atoms with Crippen LogP contribution in [0.5, 0.6) is 11.5 Å². The number of hydrogen-bond acceptors (Lipinski definition) is 8. The number of carboxylic acid groups (broad SMARTS) is 1. The molecule has 47 heavy (non-hydrogen) atoms. The van der Waals surface area contributed by atoms with Crippen molar-refractivity contribution in [3.05, 3.63) is 47.0 Å². The highest BCUT2D eigenvalue weighted by molar-refractivity contribution is 7.13. The zero-order chi connectivity index (χ0) is 33.5. The van der Waals surface area contributed by atoms with Gasteiger partial charge in [-0.05, 0) is 63.0 Å². The molecule has 1 aromatic carbocycles. The third-order valence-corrected chi connectivity index (χ3v) is 10.9. The van der Waals surface area contributed by atoms with E-state index in [1.807, 2.05) is 30.4 Å². The van der Waals surface area contributed by atoms with Crippen LogP contribution in [-0.2, 0) is 20.8 Å². The van der Waals surface area contributed by atoms with Crippen molar-refractivity contribution in [1.29, 1.82) is 0 Å². The molecule has 10 nitrogen and oxygen atoms in total. The summed E-state index contributed by atoms with van der Waals surface area (Å²) in [7, 11) is 3.43. The number of hydrogen-bond donors (Lipinski definition) is 2.